The lowest BCUT2D eigenvalue weighted by Crippen LogP contribution is -2.33. The van der Waals surface area contributed by atoms with Crippen LogP contribution in [0.1, 0.15) is 18.9 Å². The number of pyridine rings is 1. The number of alkyl halides is 5. The van der Waals surface area contributed by atoms with Crippen LogP contribution in [0.3, 0.4) is 0 Å². The minimum absolute atomic E-state index is 0.0534. The molecular formula is C9H8BrF5N2. The molecule has 17 heavy (non-hydrogen) atoms. The Kier molecular flexibility index (Phi) is 4.29. The van der Waals surface area contributed by atoms with E-state index in [2.05, 4.69) is 20.9 Å². The molecule has 0 saturated heterocycles. The molecule has 1 rings (SSSR count). The van der Waals surface area contributed by atoms with Gasteiger partial charge in [0.25, 0.3) is 6.43 Å². The van der Waals surface area contributed by atoms with Gasteiger partial charge in [-0.05, 0) is 28.9 Å². The molecule has 1 atom stereocenters. The first-order valence-corrected chi connectivity index (χ1v) is 5.28. The zero-order valence-electron chi connectivity index (χ0n) is 8.52. The van der Waals surface area contributed by atoms with E-state index < -0.39 is 24.2 Å². The van der Waals surface area contributed by atoms with Gasteiger partial charge in [-0.2, -0.15) is 13.2 Å². The largest absolute Gasteiger partial charge is 0.408 e. The topological polar surface area (TPSA) is 24.9 Å². The van der Waals surface area contributed by atoms with Gasteiger partial charge in [0.2, 0.25) is 0 Å². The number of halogens is 6. The fraction of sp³-hybridized carbons (Fsp3) is 0.444. The van der Waals surface area contributed by atoms with Gasteiger partial charge in [-0.3, -0.25) is 0 Å². The van der Waals surface area contributed by atoms with Crippen LogP contribution in [0.2, 0.25) is 0 Å². The van der Waals surface area contributed by atoms with E-state index in [0.29, 0.717) is 0 Å². The van der Waals surface area contributed by atoms with E-state index in [-0.39, 0.29) is 10.3 Å². The fourth-order valence-corrected chi connectivity index (χ4v) is 1.39. The van der Waals surface area contributed by atoms with Crippen LogP contribution < -0.4 is 5.32 Å². The maximum atomic E-state index is 12.5. The molecule has 0 bridgehead atoms. The van der Waals surface area contributed by atoms with E-state index in [1.807, 2.05) is 5.32 Å². The third kappa shape index (κ3) is 3.79. The molecule has 2 nitrogen and oxygen atoms in total. The van der Waals surface area contributed by atoms with Crippen LogP contribution in [0.4, 0.5) is 27.8 Å². The normalized spacial score (nSPS) is 13.9. The van der Waals surface area contributed by atoms with Gasteiger partial charge in [0.1, 0.15) is 11.9 Å². The van der Waals surface area contributed by atoms with E-state index in [0.717, 1.165) is 19.2 Å². The Morgan fingerprint density at radius 2 is 1.94 bits per heavy atom. The molecule has 1 aromatic rings. The summed E-state index contributed by atoms with van der Waals surface area (Å²) in [5.74, 6) is -0.242. The Balaban J connectivity index is 2.90. The SMILES string of the molecule is CC(Nc1cc(C(F)F)c(Br)cn1)C(F)(F)F. The molecule has 1 aromatic heterocycles. The lowest BCUT2D eigenvalue weighted by atomic mass is 10.2. The highest BCUT2D eigenvalue weighted by Gasteiger charge is 2.36. The highest BCUT2D eigenvalue weighted by atomic mass is 79.9. The Morgan fingerprint density at radius 1 is 1.35 bits per heavy atom. The summed E-state index contributed by atoms with van der Waals surface area (Å²) in [7, 11) is 0. The summed E-state index contributed by atoms with van der Waals surface area (Å²) in [5, 5.41) is 2.01. The average Bonchev–Trinajstić information content (AvgIpc) is 2.19. The first-order valence-electron chi connectivity index (χ1n) is 4.48. The number of nitrogens with zero attached hydrogens (tertiary/aromatic N) is 1. The highest BCUT2D eigenvalue weighted by Crippen LogP contribution is 2.29. The number of anilines is 1. The molecule has 0 radical (unpaired) electrons. The van der Waals surface area contributed by atoms with Crippen LogP contribution in [0.25, 0.3) is 0 Å². The smallest absolute Gasteiger partial charge is 0.359 e. The summed E-state index contributed by atoms with van der Waals surface area (Å²) in [6.45, 7) is 0.881. The third-order valence-corrected chi connectivity index (χ3v) is 2.64. The van der Waals surface area contributed by atoms with Gasteiger partial charge in [-0.15, -0.1) is 0 Å². The predicted molar refractivity (Wildman–Crippen MR) is 56.0 cm³/mol. The Labute approximate surface area is 102 Å². The van der Waals surface area contributed by atoms with Crippen LogP contribution in [0.5, 0.6) is 0 Å². The maximum absolute atomic E-state index is 12.5. The summed E-state index contributed by atoms with van der Waals surface area (Å²) < 4.78 is 61.7. The van der Waals surface area contributed by atoms with Gasteiger partial charge < -0.3 is 5.32 Å². The maximum Gasteiger partial charge on any atom is 0.408 e. The van der Waals surface area contributed by atoms with Crippen LogP contribution in [-0.4, -0.2) is 17.2 Å². The molecule has 0 aromatic carbocycles. The zero-order chi connectivity index (χ0) is 13.2. The van der Waals surface area contributed by atoms with Gasteiger partial charge in [-0.25, -0.2) is 13.8 Å². The van der Waals surface area contributed by atoms with Crippen molar-refractivity contribution < 1.29 is 22.0 Å². The molecule has 96 valence electrons. The first kappa shape index (κ1) is 14.1. The number of hydrogen-bond donors (Lipinski definition) is 1. The van der Waals surface area contributed by atoms with Crippen molar-refractivity contribution in [3.8, 4) is 0 Å². The molecule has 0 saturated carbocycles. The van der Waals surface area contributed by atoms with Gasteiger partial charge in [0.05, 0.1) is 0 Å². The molecule has 8 heteroatoms. The fourth-order valence-electron chi connectivity index (χ4n) is 1.00. The van der Waals surface area contributed by atoms with Gasteiger partial charge in [0.15, 0.2) is 0 Å². The van der Waals surface area contributed by atoms with Gasteiger partial charge >= 0.3 is 6.18 Å². The van der Waals surface area contributed by atoms with Crippen LogP contribution in [0, 0.1) is 0 Å². The number of aromatic nitrogens is 1. The van der Waals surface area contributed by atoms with E-state index in [4.69, 9.17) is 0 Å². The van der Waals surface area contributed by atoms with Crippen molar-refractivity contribution in [2.24, 2.45) is 0 Å². The summed E-state index contributed by atoms with van der Waals surface area (Å²) >= 11 is 2.84. The van der Waals surface area contributed by atoms with Crippen molar-refractivity contribution in [1.29, 1.82) is 0 Å². The van der Waals surface area contributed by atoms with E-state index in [9.17, 15) is 22.0 Å². The second kappa shape index (κ2) is 5.16. The summed E-state index contributed by atoms with van der Waals surface area (Å²) in [5.41, 5.74) is -0.406. The van der Waals surface area contributed by atoms with Gasteiger partial charge in [-0.1, -0.05) is 0 Å². The molecule has 1 heterocycles. The van der Waals surface area contributed by atoms with Crippen LogP contribution in [-0.2, 0) is 0 Å². The molecule has 0 aliphatic carbocycles. The monoisotopic (exact) mass is 318 g/mol. The van der Waals surface area contributed by atoms with Crippen molar-refractivity contribution in [2.75, 3.05) is 5.32 Å². The lowest BCUT2D eigenvalue weighted by Gasteiger charge is -2.18. The first-order chi connectivity index (χ1) is 7.71. The molecule has 0 spiro atoms. The Hall–Kier alpha value is -0.920. The summed E-state index contributed by atoms with van der Waals surface area (Å²) in [4.78, 5) is 3.58. The number of hydrogen-bond acceptors (Lipinski definition) is 2. The third-order valence-electron chi connectivity index (χ3n) is 1.98. The average molecular weight is 319 g/mol. The van der Waals surface area contributed by atoms with Crippen molar-refractivity contribution in [1.82, 2.24) is 4.98 Å². The minimum atomic E-state index is -4.46. The molecule has 0 amide bonds. The summed E-state index contributed by atoms with van der Waals surface area (Å²) in [6.07, 6.45) is -6.21. The van der Waals surface area contributed by atoms with Gasteiger partial charge in [0, 0.05) is 16.2 Å². The molecular weight excluding hydrogens is 311 g/mol. The van der Waals surface area contributed by atoms with Crippen LogP contribution in [0.15, 0.2) is 16.7 Å². The van der Waals surface area contributed by atoms with E-state index in [1.54, 1.807) is 0 Å². The minimum Gasteiger partial charge on any atom is -0.359 e. The van der Waals surface area contributed by atoms with Crippen molar-refractivity contribution in [3.63, 3.8) is 0 Å². The molecule has 0 fully saturated rings. The Morgan fingerprint density at radius 3 is 2.41 bits per heavy atom. The quantitative estimate of drug-likeness (QED) is 0.847. The Bertz CT molecular complexity index is 393. The van der Waals surface area contributed by atoms with Crippen molar-refractivity contribution in [3.05, 3.63) is 22.3 Å². The second-order valence-electron chi connectivity index (χ2n) is 3.30. The molecule has 0 aliphatic rings. The van der Waals surface area contributed by atoms with Crippen LogP contribution >= 0.6 is 15.9 Å². The highest BCUT2D eigenvalue weighted by molar-refractivity contribution is 9.10. The van der Waals surface area contributed by atoms with E-state index in [1.165, 1.54) is 0 Å². The van der Waals surface area contributed by atoms with Crippen molar-refractivity contribution in [2.45, 2.75) is 25.6 Å². The number of rotatable bonds is 3. The number of nitrogens with one attached hydrogen (secondary N) is 1. The molecule has 1 unspecified atom stereocenters. The predicted octanol–water partition coefficient (Wildman–Crippen LogP) is 4.14. The standard InChI is InChI=1S/C9H8BrF5N2/c1-4(9(13,14)15)17-7-2-5(8(11)12)6(10)3-16-7/h2-4,8H,1H3,(H,16,17). The second-order valence-corrected chi connectivity index (χ2v) is 4.15. The van der Waals surface area contributed by atoms with E-state index >= 15 is 0 Å². The molecule has 0 aliphatic heterocycles. The lowest BCUT2D eigenvalue weighted by molar-refractivity contribution is -0.138. The van der Waals surface area contributed by atoms with Crippen molar-refractivity contribution >= 4 is 21.7 Å². The zero-order valence-corrected chi connectivity index (χ0v) is 10.1. The summed E-state index contributed by atoms with van der Waals surface area (Å²) in [6, 6.07) is -0.974. The molecule has 1 N–H and O–H groups in total.